The lowest BCUT2D eigenvalue weighted by molar-refractivity contribution is -0.0512. The molecular formula is C21H28Cl2N4. The quantitative estimate of drug-likeness (QED) is 0.818. The summed E-state index contributed by atoms with van der Waals surface area (Å²) in [5.74, 6) is 0. The van der Waals surface area contributed by atoms with E-state index in [4.69, 9.17) is 0 Å². The Bertz CT molecular complexity index is 797. The first-order valence-electron chi connectivity index (χ1n) is 9.59. The molecule has 27 heavy (non-hydrogen) atoms. The van der Waals surface area contributed by atoms with Crippen molar-refractivity contribution < 1.29 is 0 Å². The molecule has 6 heteroatoms. The summed E-state index contributed by atoms with van der Waals surface area (Å²) in [5, 5.41) is 3.50. The average molecular weight is 407 g/mol. The molecule has 1 aliphatic carbocycles. The van der Waals surface area contributed by atoms with Gasteiger partial charge in [-0.05, 0) is 74.4 Å². The van der Waals surface area contributed by atoms with Gasteiger partial charge in [0.25, 0.3) is 0 Å². The highest BCUT2D eigenvalue weighted by Crippen LogP contribution is 2.47. The number of halogens is 2. The summed E-state index contributed by atoms with van der Waals surface area (Å²) < 4.78 is 0. The molecule has 5 rings (SSSR count). The number of hydrogen-bond acceptors (Lipinski definition) is 4. The predicted octanol–water partition coefficient (Wildman–Crippen LogP) is 3.97. The number of likely N-dealkylation sites (tertiary alicyclic amines) is 1. The molecule has 3 heterocycles. The smallest absolute Gasteiger partial charge is 0.116 e. The maximum absolute atomic E-state index is 4.45. The van der Waals surface area contributed by atoms with Crippen LogP contribution >= 0.6 is 24.8 Å². The van der Waals surface area contributed by atoms with Crippen LogP contribution in [-0.2, 0) is 6.42 Å². The summed E-state index contributed by atoms with van der Waals surface area (Å²) in [4.78, 5) is 11.4. The van der Waals surface area contributed by atoms with Gasteiger partial charge in [-0.25, -0.2) is 9.97 Å². The minimum Gasteiger partial charge on any atom is -0.317 e. The second-order valence-corrected chi connectivity index (χ2v) is 8.17. The van der Waals surface area contributed by atoms with Crippen LogP contribution in [0.5, 0.6) is 0 Å². The summed E-state index contributed by atoms with van der Waals surface area (Å²) in [6.07, 6.45) is 6.85. The Balaban J connectivity index is 0.00000105. The van der Waals surface area contributed by atoms with E-state index in [1.165, 1.54) is 63.0 Å². The molecule has 0 radical (unpaired) electrons. The van der Waals surface area contributed by atoms with Crippen molar-refractivity contribution in [2.45, 2.75) is 38.6 Å². The predicted molar refractivity (Wildman–Crippen MR) is 114 cm³/mol. The number of fused-ring (bicyclic) bond motifs is 1. The number of rotatable bonds is 2. The van der Waals surface area contributed by atoms with Crippen LogP contribution in [-0.4, -0.2) is 41.0 Å². The molecule has 1 atom stereocenters. The minimum absolute atomic E-state index is 0. The molecule has 0 saturated carbocycles. The van der Waals surface area contributed by atoms with Crippen molar-refractivity contribution in [1.82, 2.24) is 20.2 Å². The maximum Gasteiger partial charge on any atom is 0.116 e. The van der Waals surface area contributed by atoms with Gasteiger partial charge in [0.15, 0.2) is 0 Å². The lowest BCUT2D eigenvalue weighted by Crippen LogP contribution is -2.60. The van der Waals surface area contributed by atoms with Gasteiger partial charge >= 0.3 is 0 Å². The molecule has 4 nitrogen and oxygen atoms in total. The lowest BCUT2D eigenvalue weighted by Gasteiger charge is -2.55. The third-order valence-corrected chi connectivity index (χ3v) is 6.47. The SMILES string of the molecule is Cc1cc(-c2ccc3c(c2)CC[C@H]3N2CC3(CCNCC3)C2)ncn1.Cl.Cl. The van der Waals surface area contributed by atoms with E-state index in [0.717, 1.165) is 11.4 Å². The van der Waals surface area contributed by atoms with Gasteiger partial charge in [0.05, 0.1) is 5.69 Å². The molecule has 1 N–H and O–H groups in total. The van der Waals surface area contributed by atoms with Gasteiger partial charge in [-0.15, -0.1) is 24.8 Å². The summed E-state index contributed by atoms with van der Waals surface area (Å²) in [7, 11) is 0. The largest absolute Gasteiger partial charge is 0.317 e. The van der Waals surface area contributed by atoms with Gasteiger partial charge in [0.1, 0.15) is 6.33 Å². The van der Waals surface area contributed by atoms with Crippen LogP contribution in [0.2, 0.25) is 0 Å². The topological polar surface area (TPSA) is 41.0 Å². The van der Waals surface area contributed by atoms with Gasteiger partial charge in [-0.3, -0.25) is 4.90 Å². The van der Waals surface area contributed by atoms with Crippen LogP contribution in [0, 0.1) is 12.3 Å². The summed E-state index contributed by atoms with van der Waals surface area (Å²) in [6, 6.07) is 9.67. The summed E-state index contributed by atoms with van der Waals surface area (Å²) in [6.45, 7) is 7.03. The zero-order valence-electron chi connectivity index (χ0n) is 15.8. The molecule has 0 unspecified atom stereocenters. The van der Waals surface area contributed by atoms with Crippen LogP contribution in [0.25, 0.3) is 11.3 Å². The third kappa shape index (κ3) is 3.73. The second-order valence-electron chi connectivity index (χ2n) is 8.17. The first-order chi connectivity index (χ1) is 12.2. The van der Waals surface area contributed by atoms with Crippen molar-refractivity contribution in [2.75, 3.05) is 26.2 Å². The molecule has 0 bridgehead atoms. The highest BCUT2D eigenvalue weighted by molar-refractivity contribution is 5.85. The fourth-order valence-electron chi connectivity index (χ4n) is 5.06. The van der Waals surface area contributed by atoms with Gasteiger partial charge in [-0.2, -0.15) is 0 Å². The Morgan fingerprint density at radius 3 is 2.59 bits per heavy atom. The number of benzene rings is 1. The van der Waals surface area contributed by atoms with Gasteiger partial charge < -0.3 is 5.32 Å². The van der Waals surface area contributed by atoms with Gasteiger partial charge in [-0.1, -0.05) is 12.1 Å². The zero-order valence-corrected chi connectivity index (χ0v) is 17.4. The fourth-order valence-corrected chi connectivity index (χ4v) is 5.06. The highest BCUT2D eigenvalue weighted by atomic mass is 35.5. The van der Waals surface area contributed by atoms with E-state index in [2.05, 4.69) is 44.5 Å². The lowest BCUT2D eigenvalue weighted by atomic mass is 9.71. The number of piperidine rings is 1. The number of hydrogen-bond donors (Lipinski definition) is 1. The fraction of sp³-hybridized carbons (Fsp3) is 0.524. The molecule has 1 aromatic heterocycles. The van der Waals surface area contributed by atoms with Crippen molar-refractivity contribution >= 4 is 24.8 Å². The van der Waals surface area contributed by atoms with Crippen LogP contribution in [0.1, 0.15) is 42.1 Å². The molecule has 3 aliphatic rings. The van der Waals surface area contributed by atoms with Gasteiger partial charge in [0, 0.05) is 30.4 Å². The molecule has 2 fully saturated rings. The Labute approximate surface area is 174 Å². The maximum atomic E-state index is 4.45. The van der Waals surface area contributed by atoms with E-state index in [9.17, 15) is 0 Å². The van der Waals surface area contributed by atoms with E-state index in [1.807, 2.05) is 6.92 Å². The number of aryl methyl sites for hydroxylation is 2. The van der Waals surface area contributed by atoms with E-state index in [-0.39, 0.29) is 24.8 Å². The molecular weight excluding hydrogens is 379 g/mol. The molecule has 1 aromatic carbocycles. The Kier molecular flexibility index (Phi) is 6.11. The molecule has 1 spiro atoms. The third-order valence-electron chi connectivity index (χ3n) is 6.47. The van der Waals surface area contributed by atoms with Crippen molar-refractivity contribution in [2.24, 2.45) is 5.41 Å². The molecule has 146 valence electrons. The summed E-state index contributed by atoms with van der Waals surface area (Å²) in [5.41, 5.74) is 6.98. The van der Waals surface area contributed by atoms with E-state index in [1.54, 1.807) is 11.9 Å². The Hall–Kier alpha value is -1.20. The van der Waals surface area contributed by atoms with E-state index in [0.29, 0.717) is 11.5 Å². The number of nitrogens with zero attached hydrogens (tertiary/aromatic N) is 3. The van der Waals surface area contributed by atoms with E-state index >= 15 is 0 Å². The van der Waals surface area contributed by atoms with Crippen molar-refractivity contribution in [3.63, 3.8) is 0 Å². The molecule has 0 amide bonds. The average Bonchev–Trinajstić information content (AvgIpc) is 3.03. The first-order valence-corrected chi connectivity index (χ1v) is 9.59. The first kappa shape index (κ1) is 20.5. The van der Waals surface area contributed by atoms with Crippen molar-refractivity contribution in [3.8, 4) is 11.3 Å². The van der Waals surface area contributed by atoms with Crippen molar-refractivity contribution in [1.29, 1.82) is 0 Å². The minimum atomic E-state index is 0. The standard InChI is InChI=1S/C21H26N4.2ClH/c1-15-10-19(24-14-23-15)17-2-4-18-16(11-17)3-5-20(18)25-12-21(13-25)6-8-22-9-7-21;;/h2,4,10-11,14,20,22H,3,5-9,12-13H2,1H3;2*1H/t20-;;/m1../s1. The number of nitrogens with one attached hydrogen (secondary N) is 1. The zero-order chi connectivity index (χ0) is 16.9. The second kappa shape index (κ2) is 8.04. The van der Waals surface area contributed by atoms with Crippen LogP contribution in [0.15, 0.2) is 30.6 Å². The van der Waals surface area contributed by atoms with Crippen LogP contribution < -0.4 is 5.32 Å². The highest BCUT2D eigenvalue weighted by Gasteiger charge is 2.46. The molecule has 2 aromatic rings. The van der Waals surface area contributed by atoms with Crippen molar-refractivity contribution in [3.05, 3.63) is 47.4 Å². The Morgan fingerprint density at radius 2 is 1.85 bits per heavy atom. The summed E-state index contributed by atoms with van der Waals surface area (Å²) >= 11 is 0. The van der Waals surface area contributed by atoms with E-state index < -0.39 is 0 Å². The van der Waals surface area contributed by atoms with Crippen LogP contribution in [0.4, 0.5) is 0 Å². The normalized spacial score (nSPS) is 23.1. The van der Waals surface area contributed by atoms with Gasteiger partial charge in [0.2, 0.25) is 0 Å². The Morgan fingerprint density at radius 1 is 1.07 bits per heavy atom. The molecule has 2 aliphatic heterocycles. The van der Waals surface area contributed by atoms with Crippen LogP contribution in [0.3, 0.4) is 0 Å². The molecule has 2 saturated heterocycles. The number of aromatic nitrogens is 2. The monoisotopic (exact) mass is 406 g/mol.